The second-order valence-electron chi connectivity index (χ2n) is 5.96. The molecule has 20 heavy (non-hydrogen) atoms. The summed E-state index contributed by atoms with van der Waals surface area (Å²) in [4.78, 5) is 14.2. The van der Waals surface area contributed by atoms with E-state index in [9.17, 15) is 4.79 Å². The van der Waals surface area contributed by atoms with Crippen molar-refractivity contribution in [1.82, 2.24) is 5.32 Å². The Balaban J connectivity index is 1.94. The van der Waals surface area contributed by atoms with E-state index >= 15 is 0 Å². The molecule has 3 nitrogen and oxygen atoms in total. The Morgan fingerprint density at radius 3 is 2.35 bits per heavy atom. The fourth-order valence-electron chi connectivity index (χ4n) is 2.76. The molecule has 0 bridgehead atoms. The summed E-state index contributed by atoms with van der Waals surface area (Å²) in [6, 6.07) is 7.73. The van der Waals surface area contributed by atoms with Crippen LogP contribution in [0, 0.1) is 5.41 Å². The molecule has 0 radical (unpaired) electrons. The number of amides is 1. The second-order valence-corrected chi connectivity index (χ2v) is 6.53. The number of rotatable bonds is 5. The van der Waals surface area contributed by atoms with Gasteiger partial charge >= 0.3 is 0 Å². The number of hydrogen-bond donors (Lipinski definition) is 1. The maximum Gasteiger partial charge on any atom is 0.251 e. The molecule has 2 rings (SSSR count). The zero-order valence-electron chi connectivity index (χ0n) is 12.3. The smallest absolute Gasteiger partial charge is 0.251 e. The quantitative estimate of drug-likeness (QED) is 0.834. The first kappa shape index (κ1) is 15.4. The highest BCUT2D eigenvalue weighted by Crippen LogP contribution is 2.38. The lowest BCUT2D eigenvalue weighted by Crippen LogP contribution is -2.37. The Morgan fingerprint density at radius 2 is 1.85 bits per heavy atom. The fourth-order valence-corrected chi connectivity index (χ4v) is 3.52. The maximum atomic E-state index is 12.2. The van der Waals surface area contributed by atoms with E-state index in [-0.39, 0.29) is 11.3 Å². The first-order valence-electron chi connectivity index (χ1n) is 7.18. The van der Waals surface area contributed by atoms with E-state index in [0.717, 1.165) is 23.1 Å². The van der Waals surface area contributed by atoms with Crippen LogP contribution in [0.4, 0.5) is 5.69 Å². The monoisotopic (exact) mass is 338 g/mol. The van der Waals surface area contributed by atoms with Crippen molar-refractivity contribution < 1.29 is 4.79 Å². The number of hydrogen-bond acceptors (Lipinski definition) is 2. The van der Waals surface area contributed by atoms with Crippen molar-refractivity contribution in [2.75, 3.05) is 30.9 Å². The molecule has 0 saturated heterocycles. The van der Waals surface area contributed by atoms with E-state index < -0.39 is 0 Å². The van der Waals surface area contributed by atoms with Gasteiger partial charge in [-0.1, -0.05) is 28.8 Å². The van der Waals surface area contributed by atoms with Crippen LogP contribution < -0.4 is 10.2 Å². The highest BCUT2D eigenvalue weighted by Gasteiger charge is 2.33. The Hall–Kier alpha value is -1.03. The molecule has 110 valence electrons. The van der Waals surface area contributed by atoms with Gasteiger partial charge in [-0.05, 0) is 42.5 Å². The summed E-state index contributed by atoms with van der Waals surface area (Å²) in [5.74, 6) is 0.0301. The van der Waals surface area contributed by atoms with Gasteiger partial charge in [0.1, 0.15) is 0 Å². The van der Waals surface area contributed by atoms with Crippen LogP contribution in [0.3, 0.4) is 0 Å². The summed E-state index contributed by atoms with van der Waals surface area (Å²) >= 11 is 3.61. The van der Waals surface area contributed by atoms with E-state index in [1.165, 1.54) is 25.7 Å². The van der Waals surface area contributed by atoms with Crippen molar-refractivity contribution in [2.45, 2.75) is 25.7 Å². The van der Waals surface area contributed by atoms with Crippen LogP contribution in [-0.4, -0.2) is 31.9 Å². The Kier molecular flexibility index (Phi) is 5.08. The summed E-state index contributed by atoms with van der Waals surface area (Å²) in [6.07, 6.45) is 4.97. The van der Waals surface area contributed by atoms with Crippen molar-refractivity contribution in [2.24, 2.45) is 5.41 Å². The van der Waals surface area contributed by atoms with Gasteiger partial charge in [-0.3, -0.25) is 4.79 Å². The molecule has 4 heteroatoms. The van der Waals surface area contributed by atoms with Crippen LogP contribution in [0.2, 0.25) is 0 Å². The molecule has 0 unspecified atom stereocenters. The number of alkyl halides is 1. The average molecular weight is 339 g/mol. The number of carbonyl (C=O) groups is 1. The van der Waals surface area contributed by atoms with Gasteiger partial charge in [-0.15, -0.1) is 0 Å². The molecule has 0 spiro atoms. The predicted molar refractivity (Wildman–Crippen MR) is 87.8 cm³/mol. The molecule has 1 aromatic carbocycles. The highest BCUT2D eigenvalue weighted by atomic mass is 79.9. The Bertz CT molecular complexity index is 450. The van der Waals surface area contributed by atoms with Gasteiger partial charge in [0.05, 0.1) is 0 Å². The predicted octanol–water partition coefficient (Wildman–Crippen LogP) is 3.44. The van der Waals surface area contributed by atoms with Gasteiger partial charge in [0.25, 0.3) is 5.91 Å². The van der Waals surface area contributed by atoms with Crippen LogP contribution in [0.15, 0.2) is 24.3 Å². The van der Waals surface area contributed by atoms with Gasteiger partial charge in [0.2, 0.25) is 0 Å². The molecule has 0 aliphatic heterocycles. The third-order valence-corrected chi connectivity index (χ3v) is 5.41. The van der Waals surface area contributed by atoms with E-state index in [0.29, 0.717) is 0 Å². The Morgan fingerprint density at radius 1 is 1.25 bits per heavy atom. The number of anilines is 1. The second kappa shape index (κ2) is 6.61. The lowest BCUT2D eigenvalue weighted by atomic mass is 9.89. The van der Waals surface area contributed by atoms with Crippen LogP contribution in [0.5, 0.6) is 0 Å². The molecule has 1 N–H and O–H groups in total. The number of nitrogens with one attached hydrogen (secondary N) is 1. The summed E-state index contributed by atoms with van der Waals surface area (Å²) in [6.45, 7) is 0.770. The maximum absolute atomic E-state index is 12.2. The van der Waals surface area contributed by atoms with Crippen molar-refractivity contribution in [3.63, 3.8) is 0 Å². The average Bonchev–Trinajstić information content (AvgIpc) is 2.94. The summed E-state index contributed by atoms with van der Waals surface area (Å²) in [5.41, 5.74) is 2.10. The highest BCUT2D eigenvalue weighted by molar-refractivity contribution is 9.09. The first-order chi connectivity index (χ1) is 9.56. The van der Waals surface area contributed by atoms with Gasteiger partial charge in [0, 0.05) is 37.2 Å². The van der Waals surface area contributed by atoms with E-state index in [2.05, 4.69) is 21.2 Å². The number of benzene rings is 1. The summed E-state index contributed by atoms with van der Waals surface area (Å²) < 4.78 is 0. The molecule has 1 aliphatic carbocycles. The number of nitrogens with zero attached hydrogens (tertiary/aromatic N) is 1. The zero-order chi connectivity index (χ0) is 14.6. The van der Waals surface area contributed by atoms with Crippen LogP contribution in [-0.2, 0) is 0 Å². The summed E-state index contributed by atoms with van der Waals surface area (Å²) in [7, 11) is 3.99. The molecule has 0 heterocycles. The molecule has 0 aromatic heterocycles. The van der Waals surface area contributed by atoms with Crippen molar-refractivity contribution in [1.29, 1.82) is 0 Å². The van der Waals surface area contributed by atoms with Gasteiger partial charge in [-0.2, -0.15) is 0 Å². The fraction of sp³-hybridized carbons (Fsp3) is 0.562. The molecule has 0 atom stereocenters. The van der Waals surface area contributed by atoms with Gasteiger partial charge < -0.3 is 10.2 Å². The summed E-state index contributed by atoms with van der Waals surface area (Å²) in [5, 5.41) is 4.07. The normalized spacial score (nSPS) is 16.9. The number of halogens is 1. The number of carbonyl (C=O) groups excluding carboxylic acids is 1. The minimum atomic E-state index is 0.0301. The standard InChI is InChI=1S/C16H23BrN2O/c1-19(2)14-7-5-13(6-8-14)15(20)18-12-16(11-17)9-3-4-10-16/h5-8H,3-4,9-12H2,1-2H3,(H,18,20). The van der Waals surface area contributed by atoms with Crippen LogP contribution in [0.25, 0.3) is 0 Å². The molecule has 1 aromatic rings. The van der Waals surface area contributed by atoms with Crippen molar-refractivity contribution in [3.05, 3.63) is 29.8 Å². The molecular weight excluding hydrogens is 316 g/mol. The SMILES string of the molecule is CN(C)c1ccc(C(=O)NCC2(CBr)CCCC2)cc1. The molecular formula is C16H23BrN2O. The minimum absolute atomic E-state index is 0.0301. The molecule has 1 fully saturated rings. The third kappa shape index (κ3) is 3.54. The minimum Gasteiger partial charge on any atom is -0.378 e. The van der Waals surface area contributed by atoms with Crippen LogP contribution >= 0.6 is 15.9 Å². The van der Waals surface area contributed by atoms with Gasteiger partial charge in [-0.25, -0.2) is 0 Å². The first-order valence-corrected chi connectivity index (χ1v) is 8.30. The molecule has 1 aliphatic rings. The lowest BCUT2D eigenvalue weighted by molar-refractivity contribution is 0.0935. The Labute approximate surface area is 129 Å². The molecule has 1 amide bonds. The van der Waals surface area contributed by atoms with Crippen LogP contribution in [0.1, 0.15) is 36.0 Å². The van der Waals surface area contributed by atoms with E-state index in [1.54, 1.807) is 0 Å². The molecule has 1 saturated carbocycles. The van der Waals surface area contributed by atoms with Crippen molar-refractivity contribution in [3.8, 4) is 0 Å². The van der Waals surface area contributed by atoms with E-state index in [1.807, 2.05) is 43.3 Å². The van der Waals surface area contributed by atoms with Gasteiger partial charge in [0.15, 0.2) is 0 Å². The third-order valence-electron chi connectivity index (χ3n) is 4.22. The van der Waals surface area contributed by atoms with E-state index in [4.69, 9.17) is 0 Å². The largest absolute Gasteiger partial charge is 0.378 e. The lowest BCUT2D eigenvalue weighted by Gasteiger charge is -2.26. The van der Waals surface area contributed by atoms with Crippen molar-refractivity contribution >= 4 is 27.5 Å². The topological polar surface area (TPSA) is 32.3 Å². The zero-order valence-corrected chi connectivity index (χ0v) is 13.9.